The molecule has 0 bridgehead atoms. The summed E-state index contributed by atoms with van der Waals surface area (Å²) in [5, 5.41) is 0.992. The van der Waals surface area contributed by atoms with Gasteiger partial charge in [-0.25, -0.2) is 4.39 Å². The maximum atomic E-state index is 12.9. The Balaban J connectivity index is 2.21. The van der Waals surface area contributed by atoms with Crippen LogP contribution in [0, 0.1) is 5.82 Å². The highest BCUT2D eigenvalue weighted by Crippen LogP contribution is 2.17. The van der Waals surface area contributed by atoms with Crippen molar-refractivity contribution in [3.8, 4) is 0 Å². The third kappa shape index (κ3) is 2.20. The molecule has 80 valence electrons. The predicted octanol–water partition coefficient (Wildman–Crippen LogP) is 3.97. The van der Waals surface area contributed by atoms with Crippen LogP contribution < -0.4 is 0 Å². The van der Waals surface area contributed by atoms with Gasteiger partial charge in [0.1, 0.15) is 5.82 Å². The monoisotopic (exact) mass is 205 g/mol. The van der Waals surface area contributed by atoms with Gasteiger partial charge in [0.25, 0.3) is 0 Å². The van der Waals surface area contributed by atoms with Crippen molar-refractivity contribution in [3.63, 3.8) is 0 Å². The molecule has 0 atom stereocenters. The molecule has 2 rings (SSSR count). The zero-order valence-corrected chi connectivity index (χ0v) is 9.04. The number of aromatic nitrogens is 1. The van der Waals surface area contributed by atoms with Gasteiger partial charge in [0.15, 0.2) is 0 Å². The third-order valence-electron chi connectivity index (χ3n) is 2.74. The summed E-state index contributed by atoms with van der Waals surface area (Å²) in [4.78, 5) is 0. The number of fused-ring (bicyclic) bond motifs is 1. The summed E-state index contributed by atoms with van der Waals surface area (Å²) in [7, 11) is 0. The average Bonchev–Trinajstić information content (AvgIpc) is 2.61. The van der Waals surface area contributed by atoms with Crippen molar-refractivity contribution in [2.75, 3.05) is 0 Å². The van der Waals surface area contributed by atoms with Crippen LogP contribution in [0.15, 0.2) is 30.5 Å². The summed E-state index contributed by atoms with van der Waals surface area (Å²) in [6.07, 6.45) is 5.71. The minimum Gasteiger partial charge on any atom is -0.347 e. The van der Waals surface area contributed by atoms with Gasteiger partial charge in [0, 0.05) is 23.6 Å². The van der Waals surface area contributed by atoms with Gasteiger partial charge >= 0.3 is 0 Å². The highest BCUT2D eigenvalue weighted by atomic mass is 19.1. The average molecular weight is 205 g/mol. The molecule has 1 heterocycles. The summed E-state index contributed by atoms with van der Waals surface area (Å²) in [5.41, 5.74) is 1.13. The maximum Gasteiger partial charge on any atom is 0.123 e. The lowest BCUT2D eigenvalue weighted by atomic mass is 10.2. The summed E-state index contributed by atoms with van der Waals surface area (Å²) in [6.45, 7) is 3.23. The summed E-state index contributed by atoms with van der Waals surface area (Å²) in [6, 6.07) is 6.95. The molecule has 0 aliphatic rings. The molecule has 2 heteroatoms. The van der Waals surface area contributed by atoms with Crippen molar-refractivity contribution in [1.82, 2.24) is 4.57 Å². The Morgan fingerprint density at radius 2 is 2.07 bits per heavy atom. The number of unbranched alkanes of at least 4 members (excludes halogenated alkanes) is 2. The molecule has 2 aromatic rings. The topological polar surface area (TPSA) is 4.93 Å². The normalized spacial score (nSPS) is 11.1. The molecule has 1 nitrogen and oxygen atoms in total. The van der Waals surface area contributed by atoms with E-state index < -0.39 is 0 Å². The third-order valence-corrected chi connectivity index (χ3v) is 2.74. The number of rotatable bonds is 4. The maximum absolute atomic E-state index is 12.9. The standard InChI is InChI=1S/C13H16FN/c1-2-3-4-8-15-9-7-11-10-12(14)5-6-13(11)15/h5-7,9-10H,2-4,8H2,1H3. The van der Waals surface area contributed by atoms with Gasteiger partial charge in [-0.3, -0.25) is 0 Å². The number of hydrogen-bond acceptors (Lipinski definition) is 0. The number of benzene rings is 1. The van der Waals surface area contributed by atoms with Crippen LogP contribution in [0.1, 0.15) is 26.2 Å². The summed E-state index contributed by atoms with van der Waals surface area (Å²) < 4.78 is 15.1. The molecule has 0 aliphatic carbocycles. The fraction of sp³-hybridized carbons (Fsp3) is 0.385. The minimum absolute atomic E-state index is 0.159. The van der Waals surface area contributed by atoms with Crippen LogP contribution in [0.4, 0.5) is 4.39 Å². The Kier molecular flexibility index (Phi) is 3.05. The smallest absolute Gasteiger partial charge is 0.123 e. The highest BCUT2D eigenvalue weighted by Gasteiger charge is 2.01. The van der Waals surface area contributed by atoms with E-state index in [-0.39, 0.29) is 5.82 Å². The Bertz CT molecular complexity index is 445. The molecule has 1 aromatic heterocycles. The molecule has 0 radical (unpaired) electrons. The van der Waals surface area contributed by atoms with Crippen molar-refractivity contribution in [2.45, 2.75) is 32.7 Å². The first-order valence-electron chi connectivity index (χ1n) is 5.55. The molecule has 0 saturated carbocycles. The van der Waals surface area contributed by atoms with Crippen molar-refractivity contribution in [2.24, 2.45) is 0 Å². The van der Waals surface area contributed by atoms with Gasteiger partial charge in [-0.05, 0) is 30.7 Å². The molecule has 0 N–H and O–H groups in total. The van der Waals surface area contributed by atoms with Gasteiger partial charge in [0.2, 0.25) is 0 Å². The van der Waals surface area contributed by atoms with Crippen LogP contribution in [0.25, 0.3) is 10.9 Å². The van der Waals surface area contributed by atoms with Crippen LogP contribution >= 0.6 is 0 Å². The number of hydrogen-bond donors (Lipinski definition) is 0. The van der Waals surface area contributed by atoms with Crippen LogP contribution in [-0.4, -0.2) is 4.57 Å². The molecule has 0 saturated heterocycles. The number of aryl methyl sites for hydroxylation is 1. The summed E-state index contributed by atoms with van der Waals surface area (Å²) in [5.74, 6) is -0.159. The number of nitrogens with zero attached hydrogens (tertiary/aromatic N) is 1. The van der Waals surface area contributed by atoms with E-state index in [9.17, 15) is 4.39 Å². The largest absolute Gasteiger partial charge is 0.347 e. The molecule has 0 aliphatic heterocycles. The van der Waals surface area contributed by atoms with Crippen molar-refractivity contribution in [3.05, 3.63) is 36.3 Å². The van der Waals surface area contributed by atoms with E-state index in [0.717, 1.165) is 17.4 Å². The van der Waals surface area contributed by atoms with E-state index in [0.29, 0.717) is 0 Å². The van der Waals surface area contributed by atoms with Crippen LogP contribution in [0.2, 0.25) is 0 Å². The fourth-order valence-electron chi connectivity index (χ4n) is 1.90. The molecular formula is C13H16FN. The second-order valence-corrected chi connectivity index (χ2v) is 3.92. The zero-order valence-electron chi connectivity index (χ0n) is 9.04. The molecule has 0 fully saturated rings. The molecule has 1 aromatic carbocycles. The fourth-order valence-corrected chi connectivity index (χ4v) is 1.90. The van der Waals surface area contributed by atoms with Gasteiger partial charge in [-0.2, -0.15) is 0 Å². The minimum atomic E-state index is -0.159. The van der Waals surface area contributed by atoms with E-state index >= 15 is 0 Å². The van der Waals surface area contributed by atoms with Crippen LogP contribution in [-0.2, 0) is 6.54 Å². The van der Waals surface area contributed by atoms with Crippen molar-refractivity contribution >= 4 is 10.9 Å². The van der Waals surface area contributed by atoms with E-state index in [2.05, 4.69) is 11.5 Å². The van der Waals surface area contributed by atoms with E-state index in [4.69, 9.17) is 0 Å². The number of halogens is 1. The lowest BCUT2D eigenvalue weighted by Gasteiger charge is -2.04. The Hall–Kier alpha value is -1.31. The van der Waals surface area contributed by atoms with Crippen LogP contribution in [0.3, 0.4) is 0 Å². The zero-order chi connectivity index (χ0) is 10.7. The molecular weight excluding hydrogens is 189 g/mol. The van der Waals surface area contributed by atoms with Gasteiger partial charge in [-0.15, -0.1) is 0 Å². The summed E-state index contributed by atoms with van der Waals surface area (Å²) >= 11 is 0. The van der Waals surface area contributed by atoms with Gasteiger partial charge < -0.3 is 4.57 Å². The van der Waals surface area contributed by atoms with E-state index in [1.807, 2.05) is 18.3 Å². The Morgan fingerprint density at radius 3 is 2.87 bits per heavy atom. The predicted molar refractivity (Wildman–Crippen MR) is 61.4 cm³/mol. The first-order chi connectivity index (χ1) is 7.31. The van der Waals surface area contributed by atoms with Crippen LogP contribution in [0.5, 0.6) is 0 Å². The van der Waals surface area contributed by atoms with E-state index in [1.54, 1.807) is 6.07 Å². The first kappa shape index (κ1) is 10.2. The lowest BCUT2D eigenvalue weighted by Crippen LogP contribution is -1.95. The van der Waals surface area contributed by atoms with Crippen molar-refractivity contribution in [1.29, 1.82) is 0 Å². The molecule has 0 amide bonds. The van der Waals surface area contributed by atoms with E-state index in [1.165, 1.54) is 25.3 Å². The van der Waals surface area contributed by atoms with Crippen molar-refractivity contribution < 1.29 is 4.39 Å². The molecule has 0 spiro atoms. The Labute approximate surface area is 89.5 Å². The highest BCUT2D eigenvalue weighted by molar-refractivity contribution is 5.80. The SMILES string of the molecule is CCCCCn1ccc2cc(F)ccc21. The Morgan fingerprint density at radius 1 is 1.20 bits per heavy atom. The first-order valence-corrected chi connectivity index (χ1v) is 5.55. The van der Waals surface area contributed by atoms with Gasteiger partial charge in [-0.1, -0.05) is 19.8 Å². The quantitative estimate of drug-likeness (QED) is 0.665. The second kappa shape index (κ2) is 4.47. The van der Waals surface area contributed by atoms with Gasteiger partial charge in [0.05, 0.1) is 0 Å². The second-order valence-electron chi connectivity index (χ2n) is 3.92. The molecule has 0 unspecified atom stereocenters. The molecule has 15 heavy (non-hydrogen) atoms. The lowest BCUT2D eigenvalue weighted by molar-refractivity contribution is 0.614.